The van der Waals surface area contributed by atoms with E-state index in [9.17, 15) is 10.1 Å². The molecule has 0 bridgehead atoms. The Balaban J connectivity index is 2.83. The van der Waals surface area contributed by atoms with E-state index in [2.05, 4.69) is 5.43 Å². The highest BCUT2D eigenvalue weighted by Crippen LogP contribution is 2.25. The van der Waals surface area contributed by atoms with Crippen LogP contribution >= 0.6 is 0 Å². The summed E-state index contributed by atoms with van der Waals surface area (Å²) in [5.41, 5.74) is 3.07. The molecule has 0 amide bonds. The third kappa shape index (κ3) is 3.82. The van der Waals surface area contributed by atoms with Crippen molar-refractivity contribution < 1.29 is 14.5 Å². The number of rotatable bonds is 6. The van der Waals surface area contributed by atoms with E-state index < -0.39 is 5.03 Å². The summed E-state index contributed by atoms with van der Waals surface area (Å²) in [6, 6.07) is 5.10. The van der Waals surface area contributed by atoms with Gasteiger partial charge in [-0.25, -0.2) is 10.1 Å². The van der Waals surface area contributed by atoms with Crippen LogP contribution in [0.3, 0.4) is 0 Å². The zero-order chi connectivity index (χ0) is 12.8. The molecule has 0 aliphatic carbocycles. The van der Waals surface area contributed by atoms with E-state index >= 15 is 0 Å². The molecule has 17 heavy (non-hydrogen) atoms. The van der Waals surface area contributed by atoms with Crippen molar-refractivity contribution in [3.05, 3.63) is 33.9 Å². The lowest BCUT2D eigenvalue weighted by atomic mass is 10.1. The SMILES string of the molecule is COc1ccc(OC)c(CC(C)N[N+](=O)[O-])c1. The van der Waals surface area contributed by atoms with E-state index in [1.165, 1.54) is 0 Å². The summed E-state index contributed by atoms with van der Waals surface area (Å²) >= 11 is 0. The predicted molar refractivity (Wildman–Crippen MR) is 62.8 cm³/mol. The molecule has 0 fully saturated rings. The Hall–Kier alpha value is -1.98. The minimum absolute atomic E-state index is 0.286. The van der Waals surface area contributed by atoms with Crippen molar-refractivity contribution in [1.82, 2.24) is 5.43 Å². The van der Waals surface area contributed by atoms with Gasteiger partial charge in [0.1, 0.15) is 11.5 Å². The molecule has 1 unspecified atom stereocenters. The summed E-state index contributed by atoms with van der Waals surface area (Å²) in [6.45, 7) is 1.74. The first-order chi connectivity index (χ1) is 8.06. The van der Waals surface area contributed by atoms with Crippen molar-refractivity contribution in [2.75, 3.05) is 14.2 Å². The van der Waals surface area contributed by atoms with Gasteiger partial charge in [-0.15, -0.1) is 5.43 Å². The first kappa shape index (κ1) is 13.1. The van der Waals surface area contributed by atoms with Gasteiger partial charge < -0.3 is 9.47 Å². The third-order valence-electron chi connectivity index (χ3n) is 2.34. The molecular weight excluding hydrogens is 224 g/mol. The smallest absolute Gasteiger partial charge is 0.157 e. The average molecular weight is 240 g/mol. The van der Waals surface area contributed by atoms with Crippen molar-refractivity contribution in [1.29, 1.82) is 0 Å². The van der Waals surface area contributed by atoms with Crippen molar-refractivity contribution in [3.8, 4) is 11.5 Å². The van der Waals surface area contributed by atoms with Gasteiger partial charge in [0.15, 0.2) is 5.03 Å². The second kappa shape index (κ2) is 5.93. The lowest BCUT2D eigenvalue weighted by Crippen LogP contribution is -2.33. The molecule has 0 saturated heterocycles. The molecule has 94 valence electrons. The number of ether oxygens (including phenoxy) is 2. The van der Waals surface area contributed by atoms with Gasteiger partial charge in [-0.3, -0.25) is 0 Å². The lowest BCUT2D eigenvalue weighted by molar-refractivity contribution is -0.550. The number of hydrogen-bond acceptors (Lipinski definition) is 4. The van der Waals surface area contributed by atoms with Crippen molar-refractivity contribution in [2.24, 2.45) is 0 Å². The van der Waals surface area contributed by atoms with E-state index in [0.29, 0.717) is 17.9 Å². The molecular formula is C11H16N2O4. The van der Waals surface area contributed by atoms with E-state index in [4.69, 9.17) is 9.47 Å². The number of methoxy groups -OCH3 is 2. The predicted octanol–water partition coefficient (Wildman–Crippen LogP) is 1.42. The number of hydrazine groups is 1. The maximum absolute atomic E-state index is 10.3. The van der Waals surface area contributed by atoms with Crippen LogP contribution in [-0.2, 0) is 6.42 Å². The summed E-state index contributed by atoms with van der Waals surface area (Å²) in [7, 11) is 3.14. The van der Waals surface area contributed by atoms with Crippen LogP contribution in [0.2, 0.25) is 0 Å². The van der Waals surface area contributed by atoms with Crippen LogP contribution in [0.25, 0.3) is 0 Å². The monoisotopic (exact) mass is 240 g/mol. The van der Waals surface area contributed by atoms with E-state index in [0.717, 1.165) is 5.56 Å². The van der Waals surface area contributed by atoms with Gasteiger partial charge in [0.05, 0.1) is 20.3 Å². The molecule has 0 heterocycles. The van der Waals surface area contributed by atoms with E-state index in [1.54, 1.807) is 33.3 Å². The summed E-state index contributed by atoms with van der Waals surface area (Å²) < 4.78 is 10.3. The van der Waals surface area contributed by atoms with Crippen LogP contribution in [0, 0.1) is 10.1 Å². The topological polar surface area (TPSA) is 73.6 Å². The number of nitro groups is 1. The van der Waals surface area contributed by atoms with Crippen molar-refractivity contribution in [3.63, 3.8) is 0 Å². The Morgan fingerprint density at radius 1 is 1.41 bits per heavy atom. The maximum atomic E-state index is 10.3. The van der Waals surface area contributed by atoms with Crippen LogP contribution in [0.4, 0.5) is 0 Å². The van der Waals surface area contributed by atoms with Crippen LogP contribution in [0.15, 0.2) is 18.2 Å². The number of nitrogens with one attached hydrogen (secondary N) is 1. The molecule has 1 aromatic carbocycles. The first-order valence-electron chi connectivity index (χ1n) is 5.18. The Labute approximate surface area is 99.7 Å². The fourth-order valence-corrected chi connectivity index (χ4v) is 1.60. The van der Waals surface area contributed by atoms with Gasteiger partial charge in [-0.2, -0.15) is 0 Å². The minimum Gasteiger partial charge on any atom is -0.497 e. The molecule has 6 heteroatoms. The maximum Gasteiger partial charge on any atom is 0.157 e. The summed E-state index contributed by atoms with van der Waals surface area (Å²) in [6.07, 6.45) is 0.487. The molecule has 0 saturated carbocycles. The lowest BCUT2D eigenvalue weighted by Gasteiger charge is -2.13. The average Bonchev–Trinajstić information content (AvgIpc) is 2.27. The fraction of sp³-hybridized carbons (Fsp3) is 0.455. The standard InChI is InChI=1S/C11H16N2O4/c1-8(12-13(14)15)6-9-7-10(16-2)4-5-11(9)17-3/h4-5,7-8,12H,6H2,1-3H3. The van der Waals surface area contributed by atoms with Crippen LogP contribution in [-0.4, -0.2) is 25.3 Å². The zero-order valence-corrected chi connectivity index (χ0v) is 10.1. The highest BCUT2D eigenvalue weighted by atomic mass is 16.7. The molecule has 1 rings (SSSR count). The molecule has 0 radical (unpaired) electrons. The second-order valence-corrected chi connectivity index (χ2v) is 3.67. The highest BCUT2D eigenvalue weighted by molar-refractivity contribution is 5.40. The Bertz CT molecular complexity index is 395. The molecule has 1 N–H and O–H groups in total. The van der Waals surface area contributed by atoms with E-state index in [1.807, 2.05) is 6.07 Å². The fourth-order valence-electron chi connectivity index (χ4n) is 1.60. The molecule has 0 aliphatic heterocycles. The Kier molecular flexibility index (Phi) is 4.56. The van der Waals surface area contributed by atoms with Gasteiger partial charge in [0.25, 0.3) is 0 Å². The number of hydrogen-bond donors (Lipinski definition) is 1. The molecule has 1 atom stereocenters. The van der Waals surface area contributed by atoms with Crippen LogP contribution in [0.5, 0.6) is 11.5 Å². The van der Waals surface area contributed by atoms with Gasteiger partial charge in [-0.05, 0) is 25.1 Å². The van der Waals surface area contributed by atoms with Crippen molar-refractivity contribution in [2.45, 2.75) is 19.4 Å². The van der Waals surface area contributed by atoms with Crippen LogP contribution < -0.4 is 14.9 Å². The van der Waals surface area contributed by atoms with Gasteiger partial charge in [-0.1, -0.05) is 0 Å². The minimum atomic E-state index is -0.544. The molecule has 0 aliphatic rings. The zero-order valence-electron chi connectivity index (χ0n) is 10.1. The summed E-state index contributed by atoms with van der Waals surface area (Å²) in [5.74, 6) is 1.40. The van der Waals surface area contributed by atoms with Crippen molar-refractivity contribution >= 4 is 0 Å². The third-order valence-corrected chi connectivity index (χ3v) is 2.34. The first-order valence-corrected chi connectivity index (χ1v) is 5.18. The number of benzene rings is 1. The highest BCUT2D eigenvalue weighted by Gasteiger charge is 2.12. The number of nitrogens with zero attached hydrogens (tertiary/aromatic N) is 1. The largest absolute Gasteiger partial charge is 0.497 e. The second-order valence-electron chi connectivity index (χ2n) is 3.67. The molecule has 1 aromatic rings. The van der Waals surface area contributed by atoms with Gasteiger partial charge in [0.2, 0.25) is 0 Å². The summed E-state index contributed by atoms with van der Waals surface area (Å²) in [5, 5.41) is 9.77. The van der Waals surface area contributed by atoms with Gasteiger partial charge in [0, 0.05) is 12.0 Å². The van der Waals surface area contributed by atoms with Gasteiger partial charge >= 0.3 is 0 Å². The van der Waals surface area contributed by atoms with Crippen LogP contribution in [0.1, 0.15) is 12.5 Å². The summed E-state index contributed by atoms with van der Waals surface area (Å²) in [4.78, 5) is 10.3. The normalized spacial score (nSPS) is 11.7. The molecule has 6 nitrogen and oxygen atoms in total. The molecule has 0 spiro atoms. The van der Waals surface area contributed by atoms with E-state index in [-0.39, 0.29) is 6.04 Å². The quantitative estimate of drug-likeness (QED) is 0.601. The Morgan fingerprint density at radius 2 is 2.12 bits per heavy atom. The Morgan fingerprint density at radius 3 is 2.65 bits per heavy atom. The molecule has 0 aromatic heterocycles.